The molecule has 0 spiro atoms. The first-order chi connectivity index (χ1) is 13.8. The first kappa shape index (κ1) is 19.3. The number of halogens is 1. The highest BCUT2D eigenvalue weighted by atomic mass is 19.1. The van der Waals surface area contributed by atoms with Gasteiger partial charge in [0.1, 0.15) is 17.0 Å². The molecular weight excluding hydrogens is 373 g/mol. The zero-order valence-electron chi connectivity index (χ0n) is 17.1. The average molecular weight is 397 g/mol. The molecule has 1 amide bonds. The lowest BCUT2D eigenvalue weighted by atomic mass is 10.1. The third kappa shape index (κ3) is 3.33. The van der Waals surface area contributed by atoms with E-state index in [0.29, 0.717) is 27.6 Å². The molecule has 2 aromatic heterocycles. The molecule has 29 heavy (non-hydrogen) atoms. The fourth-order valence-electron chi connectivity index (χ4n) is 3.75. The van der Waals surface area contributed by atoms with Gasteiger partial charge in [0, 0.05) is 58.9 Å². The number of carbonyl (C=O) groups excluding carboxylic acids is 1. The SMILES string of the molecule is CN1CCN(c2cc3nc4c(cc3cc2F)c(=O)c(C(=O)N(C)C)cn4C)CC1. The van der Waals surface area contributed by atoms with Crippen LogP contribution in [-0.4, -0.2) is 72.6 Å². The van der Waals surface area contributed by atoms with Crippen molar-refractivity contribution >= 4 is 33.5 Å². The van der Waals surface area contributed by atoms with Gasteiger partial charge >= 0.3 is 0 Å². The van der Waals surface area contributed by atoms with E-state index in [-0.39, 0.29) is 17.3 Å². The van der Waals surface area contributed by atoms with Crippen LogP contribution in [0, 0.1) is 5.82 Å². The van der Waals surface area contributed by atoms with Crippen LogP contribution in [0.25, 0.3) is 21.9 Å². The minimum Gasteiger partial charge on any atom is -0.367 e. The van der Waals surface area contributed by atoms with E-state index in [1.807, 2.05) is 4.90 Å². The van der Waals surface area contributed by atoms with Gasteiger partial charge in [-0.25, -0.2) is 9.37 Å². The summed E-state index contributed by atoms with van der Waals surface area (Å²) in [6, 6.07) is 4.80. The highest BCUT2D eigenvalue weighted by Crippen LogP contribution is 2.27. The lowest BCUT2D eigenvalue weighted by Crippen LogP contribution is -2.44. The third-order valence-electron chi connectivity index (χ3n) is 5.49. The van der Waals surface area contributed by atoms with Gasteiger partial charge in [-0.3, -0.25) is 9.59 Å². The van der Waals surface area contributed by atoms with E-state index < -0.39 is 5.43 Å². The molecule has 0 aliphatic carbocycles. The van der Waals surface area contributed by atoms with Crippen LogP contribution in [0.15, 0.2) is 29.2 Å². The molecule has 1 aromatic carbocycles. The van der Waals surface area contributed by atoms with Crippen molar-refractivity contribution in [2.24, 2.45) is 7.05 Å². The number of likely N-dealkylation sites (N-methyl/N-ethyl adjacent to an activating group) is 1. The molecule has 3 heterocycles. The molecule has 1 aliphatic heterocycles. The second-order valence-electron chi connectivity index (χ2n) is 7.83. The Kier molecular flexibility index (Phi) is 4.74. The molecule has 0 saturated carbocycles. The predicted molar refractivity (Wildman–Crippen MR) is 112 cm³/mol. The molecule has 0 bridgehead atoms. The molecule has 0 radical (unpaired) electrons. The first-order valence-corrected chi connectivity index (χ1v) is 9.55. The van der Waals surface area contributed by atoms with Crippen molar-refractivity contribution < 1.29 is 9.18 Å². The van der Waals surface area contributed by atoms with Crippen molar-refractivity contribution in [1.82, 2.24) is 19.4 Å². The van der Waals surface area contributed by atoms with Crippen LogP contribution in [0.5, 0.6) is 0 Å². The van der Waals surface area contributed by atoms with E-state index in [0.717, 1.165) is 26.2 Å². The Bertz CT molecular complexity index is 1180. The number of rotatable bonds is 2. The van der Waals surface area contributed by atoms with Gasteiger partial charge in [0.05, 0.1) is 16.6 Å². The second-order valence-corrected chi connectivity index (χ2v) is 7.83. The highest BCUT2D eigenvalue weighted by molar-refractivity contribution is 5.99. The zero-order chi connectivity index (χ0) is 20.9. The van der Waals surface area contributed by atoms with E-state index in [1.165, 1.54) is 17.2 Å². The quantitative estimate of drug-likeness (QED) is 0.616. The van der Waals surface area contributed by atoms with Crippen LogP contribution in [0.1, 0.15) is 10.4 Å². The van der Waals surface area contributed by atoms with Crippen LogP contribution in [-0.2, 0) is 7.05 Å². The minimum atomic E-state index is -0.394. The predicted octanol–water partition coefficient (Wildman–Crippen LogP) is 1.68. The maximum Gasteiger partial charge on any atom is 0.258 e. The molecule has 152 valence electrons. The molecule has 1 aliphatic rings. The minimum absolute atomic E-state index is 0.0701. The van der Waals surface area contributed by atoms with Gasteiger partial charge in [-0.15, -0.1) is 0 Å². The fourth-order valence-corrected chi connectivity index (χ4v) is 3.75. The smallest absolute Gasteiger partial charge is 0.258 e. The molecule has 0 atom stereocenters. The summed E-state index contributed by atoms with van der Waals surface area (Å²) >= 11 is 0. The summed E-state index contributed by atoms with van der Waals surface area (Å²) in [5, 5.41) is 0.846. The van der Waals surface area contributed by atoms with E-state index in [4.69, 9.17) is 0 Å². The Balaban J connectivity index is 1.88. The summed E-state index contributed by atoms with van der Waals surface area (Å²) < 4.78 is 16.5. The van der Waals surface area contributed by atoms with E-state index in [2.05, 4.69) is 16.9 Å². The largest absolute Gasteiger partial charge is 0.367 e. The van der Waals surface area contributed by atoms with Crippen LogP contribution < -0.4 is 10.3 Å². The van der Waals surface area contributed by atoms with E-state index in [1.54, 1.807) is 37.8 Å². The number of nitrogens with zero attached hydrogens (tertiary/aromatic N) is 5. The monoisotopic (exact) mass is 397 g/mol. The molecule has 8 heteroatoms. The second kappa shape index (κ2) is 7.11. The molecule has 0 N–H and O–H groups in total. The molecule has 0 unspecified atom stereocenters. The van der Waals surface area contributed by atoms with Crippen LogP contribution in [0.4, 0.5) is 10.1 Å². The summed E-state index contributed by atoms with van der Waals surface area (Å²) in [7, 11) is 7.00. The van der Waals surface area contributed by atoms with Gasteiger partial charge in [0.25, 0.3) is 5.91 Å². The Hall–Kier alpha value is -3.00. The first-order valence-electron chi connectivity index (χ1n) is 9.55. The fraction of sp³-hybridized carbons (Fsp3) is 0.381. The van der Waals surface area contributed by atoms with Crippen LogP contribution >= 0.6 is 0 Å². The number of hydrogen-bond donors (Lipinski definition) is 0. The normalized spacial score (nSPS) is 15.3. The average Bonchev–Trinajstić information content (AvgIpc) is 2.69. The molecule has 7 nitrogen and oxygen atoms in total. The Morgan fingerprint density at radius 3 is 2.45 bits per heavy atom. The van der Waals surface area contributed by atoms with Gasteiger partial charge in [0.2, 0.25) is 5.43 Å². The Morgan fingerprint density at radius 1 is 1.10 bits per heavy atom. The van der Waals surface area contributed by atoms with Gasteiger partial charge in [-0.05, 0) is 25.2 Å². The standard InChI is InChI=1S/C21H24FN5O2/c1-24(2)21(29)15-12-26(4)20-14(19(15)28)9-13-10-16(22)18(11-17(13)23-20)27-7-5-25(3)6-8-27/h9-12H,5-8H2,1-4H3. The summed E-state index contributed by atoms with van der Waals surface area (Å²) in [6.07, 6.45) is 1.51. The number of fused-ring (bicyclic) bond motifs is 2. The summed E-state index contributed by atoms with van der Waals surface area (Å²) in [5.74, 6) is -0.704. The third-order valence-corrected chi connectivity index (χ3v) is 5.49. The van der Waals surface area contributed by atoms with Gasteiger partial charge in [-0.1, -0.05) is 0 Å². The maximum absolute atomic E-state index is 14.9. The van der Waals surface area contributed by atoms with Crippen molar-refractivity contribution in [3.8, 4) is 0 Å². The Morgan fingerprint density at radius 2 is 1.79 bits per heavy atom. The molecule has 1 saturated heterocycles. The molecule has 4 rings (SSSR count). The topological polar surface area (TPSA) is 61.7 Å². The number of aryl methyl sites for hydroxylation is 1. The van der Waals surface area contributed by atoms with E-state index in [9.17, 15) is 14.0 Å². The number of pyridine rings is 2. The number of hydrogen-bond acceptors (Lipinski definition) is 5. The number of amides is 1. The summed E-state index contributed by atoms with van der Waals surface area (Å²) in [6.45, 7) is 3.25. The van der Waals surface area contributed by atoms with E-state index >= 15 is 0 Å². The van der Waals surface area contributed by atoms with Gasteiger partial charge in [0.15, 0.2) is 0 Å². The van der Waals surface area contributed by atoms with Crippen molar-refractivity contribution in [2.45, 2.75) is 0 Å². The zero-order valence-corrected chi connectivity index (χ0v) is 17.1. The van der Waals surface area contributed by atoms with Crippen LogP contribution in [0.3, 0.4) is 0 Å². The maximum atomic E-state index is 14.9. The lowest BCUT2D eigenvalue weighted by molar-refractivity contribution is 0.0826. The van der Waals surface area contributed by atoms with Gasteiger partial charge < -0.3 is 19.3 Å². The van der Waals surface area contributed by atoms with Crippen molar-refractivity contribution in [3.05, 3.63) is 46.0 Å². The number of anilines is 1. The lowest BCUT2D eigenvalue weighted by Gasteiger charge is -2.34. The molecule has 3 aromatic rings. The van der Waals surface area contributed by atoms with Crippen molar-refractivity contribution in [3.63, 3.8) is 0 Å². The van der Waals surface area contributed by atoms with Crippen LogP contribution in [0.2, 0.25) is 0 Å². The number of aromatic nitrogens is 2. The molecular formula is C21H24FN5O2. The number of piperazine rings is 1. The molecule has 1 fully saturated rings. The highest BCUT2D eigenvalue weighted by Gasteiger charge is 2.20. The van der Waals surface area contributed by atoms with Gasteiger partial charge in [-0.2, -0.15) is 0 Å². The van der Waals surface area contributed by atoms with Crippen molar-refractivity contribution in [1.29, 1.82) is 0 Å². The summed E-state index contributed by atoms with van der Waals surface area (Å²) in [4.78, 5) is 35.5. The Labute approximate surface area is 167 Å². The van der Waals surface area contributed by atoms with Crippen molar-refractivity contribution in [2.75, 3.05) is 52.2 Å². The number of benzene rings is 1. The summed E-state index contributed by atoms with van der Waals surface area (Å²) in [5.41, 5.74) is 1.29. The number of carbonyl (C=O) groups is 1.